The van der Waals surface area contributed by atoms with Crippen LogP contribution in [0.15, 0.2) is 18.6 Å². The van der Waals surface area contributed by atoms with Gasteiger partial charge in [0.2, 0.25) is 5.91 Å². The van der Waals surface area contributed by atoms with Crippen LogP contribution in [0.25, 0.3) is 11.0 Å². The number of anilines is 1. The Hall–Kier alpha value is -2.62. The number of carbonyl (C=O) groups is 1. The number of amides is 1. The summed E-state index contributed by atoms with van der Waals surface area (Å²) >= 11 is 0. The monoisotopic (exact) mass is 296 g/mol. The summed E-state index contributed by atoms with van der Waals surface area (Å²) in [6.07, 6.45) is 4.82. The van der Waals surface area contributed by atoms with Crippen LogP contribution in [0.2, 0.25) is 0 Å². The van der Waals surface area contributed by atoms with E-state index < -0.39 is 5.41 Å². The van der Waals surface area contributed by atoms with E-state index in [1.165, 1.54) is 0 Å². The standard InChI is InChI=1S/C15H16N6O/c16-9-15(2-3-15)14(22)21-7-5-20(6-8-21)13-11-1-4-17-12(11)18-10-19-13/h1,4,10H,2-3,5-8H2,(H,17,18,19). The van der Waals surface area contributed by atoms with Crippen LogP contribution < -0.4 is 4.90 Å². The van der Waals surface area contributed by atoms with Gasteiger partial charge < -0.3 is 14.8 Å². The Balaban J connectivity index is 1.49. The molecule has 1 saturated carbocycles. The van der Waals surface area contributed by atoms with Gasteiger partial charge in [-0.05, 0) is 18.9 Å². The third kappa shape index (κ3) is 1.91. The molecule has 0 unspecified atom stereocenters. The lowest BCUT2D eigenvalue weighted by Gasteiger charge is -2.36. The first-order valence-electron chi connectivity index (χ1n) is 7.47. The van der Waals surface area contributed by atoms with Crippen LogP contribution in [-0.4, -0.2) is 51.9 Å². The topological polar surface area (TPSA) is 88.9 Å². The molecule has 0 bridgehead atoms. The summed E-state index contributed by atoms with van der Waals surface area (Å²) < 4.78 is 0. The summed E-state index contributed by atoms with van der Waals surface area (Å²) in [5.41, 5.74) is 0.107. The van der Waals surface area contributed by atoms with Gasteiger partial charge in [-0.25, -0.2) is 9.97 Å². The zero-order valence-corrected chi connectivity index (χ0v) is 12.1. The average molecular weight is 296 g/mol. The quantitative estimate of drug-likeness (QED) is 0.889. The lowest BCUT2D eigenvalue weighted by atomic mass is 10.1. The Morgan fingerprint density at radius 2 is 2.05 bits per heavy atom. The van der Waals surface area contributed by atoms with Crippen molar-refractivity contribution < 1.29 is 4.79 Å². The molecule has 1 saturated heterocycles. The maximum atomic E-state index is 12.4. The predicted octanol–water partition coefficient (Wildman–Crippen LogP) is 0.910. The highest BCUT2D eigenvalue weighted by Crippen LogP contribution is 2.46. The third-order valence-corrected chi connectivity index (χ3v) is 4.57. The molecule has 112 valence electrons. The summed E-state index contributed by atoms with van der Waals surface area (Å²) in [6.45, 7) is 2.73. The van der Waals surface area contributed by atoms with Gasteiger partial charge in [0, 0.05) is 32.4 Å². The molecular formula is C15H16N6O. The van der Waals surface area contributed by atoms with Crippen molar-refractivity contribution in [2.75, 3.05) is 31.1 Å². The van der Waals surface area contributed by atoms with Gasteiger partial charge in [0.25, 0.3) is 0 Å². The molecule has 7 heteroatoms. The van der Waals surface area contributed by atoms with E-state index in [9.17, 15) is 4.79 Å². The minimum atomic E-state index is -0.717. The van der Waals surface area contributed by atoms with Gasteiger partial charge in [-0.1, -0.05) is 0 Å². The minimum absolute atomic E-state index is 0.00382. The van der Waals surface area contributed by atoms with Gasteiger partial charge in [-0.15, -0.1) is 0 Å². The fourth-order valence-corrected chi connectivity index (χ4v) is 3.03. The van der Waals surface area contributed by atoms with Crippen LogP contribution in [-0.2, 0) is 4.79 Å². The molecule has 1 N–H and O–H groups in total. The van der Waals surface area contributed by atoms with Crippen LogP contribution in [0.5, 0.6) is 0 Å². The number of hydrogen-bond acceptors (Lipinski definition) is 5. The molecular weight excluding hydrogens is 280 g/mol. The Kier molecular flexibility index (Phi) is 2.79. The number of nitriles is 1. The fraction of sp³-hybridized carbons (Fsp3) is 0.467. The third-order valence-electron chi connectivity index (χ3n) is 4.57. The van der Waals surface area contributed by atoms with E-state index in [1.807, 2.05) is 17.2 Å². The maximum Gasteiger partial charge on any atom is 0.243 e. The lowest BCUT2D eigenvalue weighted by Crippen LogP contribution is -2.51. The molecule has 2 aromatic rings. The molecule has 0 radical (unpaired) electrons. The van der Waals surface area contributed by atoms with Gasteiger partial charge in [0.05, 0.1) is 11.5 Å². The van der Waals surface area contributed by atoms with Crippen LogP contribution in [0.4, 0.5) is 5.82 Å². The van der Waals surface area contributed by atoms with Crippen molar-refractivity contribution in [3.05, 3.63) is 18.6 Å². The largest absolute Gasteiger partial charge is 0.352 e. The molecule has 1 amide bonds. The number of nitrogens with one attached hydrogen (secondary N) is 1. The number of H-pyrrole nitrogens is 1. The first-order chi connectivity index (χ1) is 10.7. The number of aromatic nitrogens is 3. The molecule has 1 aliphatic carbocycles. The van der Waals surface area contributed by atoms with E-state index in [0.717, 1.165) is 29.9 Å². The number of aromatic amines is 1. The molecule has 0 spiro atoms. The summed E-state index contributed by atoms with van der Waals surface area (Å²) in [7, 11) is 0. The molecule has 0 aromatic carbocycles. The molecule has 1 aliphatic heterocycles. The second-order valence-electron chi connectivity index (χ2n) is 5.91. The number of rotatable bonds is 2. The SMILES string of the molecule is N#CC1(C(=O)N2CCN(c3ncnc4[nH]ccc34)CC2)CC1. The lowest BCUT2D eigenvalue weighted by molar-refractivity contribution is -0.135. The molecule has 2 aliphatic rings. The van der Waals surface area contributed by atoms with Gasteiger partial charge in [-0.3, -0.25) is 4.79 Å². The van der Waals surface area contributed by atoms with Crippen molar-refractivity contribution in [3.8, 4) is 6.07 Å². The minimum Gasteiger partial charge on any atom is -0.352 e. The van der Waals surface area contributed by atoms with Crippen LogP contribution in [0.1, 0.15) is 12.8 Å². The number of piperazine rings is 1. The Morgan fingerprint density at radius 1 is 1.27 bits per heavy atom. The molecule has 3 heterocycles. The van der Waals surface area contributed by atoms with Crippen molar-refractivity contribution in [1.82, 2.24) is 19.9 Å². The molecule has 22 heavy (non-hydrogen) atoms. The van der Waals surface area contributed by atoms with Crippen molar-refractivity contribution in [3.63, 3.8) is 0 Å². The van der Waals surface area contributed by atoms with Crippen LogP contribution >= 0.6 is 0 Å². The highest BCUT2D eigenvalue weighted by molar-refractivity contribution is 5.89. The Bertz CT molecular complexity index is 764. The maximum absolute atomic E-state index is 12.4. The number of nitrogens with zero attached hydrogens (tertiary/aromatic N) is 5. The second-order valence-corrected chi connectivity index (χ2v) is 5.91. The molecule has 0 atom stereocenters. The Morgan fingerprint density at radius 3 is 2.73 bits per heavy atom. The summed E-state index contributed by atoms with van der Waals surface area (Å²) in [5.74, 6) is 0.906. The number of hydrogen-bond donors (Lipinski definition) is 1. The molecule has 7 nitrogen and oxygen atoms in total. The normalized spacial score (nSPS) is 20.0. The van der Waals surface area contributed by atoms with E-state index in [2.05, 4.69) is 25.9 Å². The van der Waals surface area contributed by atoms with E-state index in [-0.39, 0.29) is 5.91 Å². The number of carbonyl (C=O) groups excluding carboxylic acids is 1. The smallest absolute Gasteiger partial charge is 0.243 e. The Labute approximate surface area is 127 Å². The molecule has 4 rings (SSSR count). The van der Waals surface area contributed by atoms with Crippen molar-refractivity contribution in [2.45, 2.75) is 12.8 Å². The summed E-state index contributed by atoms with van der Waals surface area (Å²) in [5, 5.41) is 10.2. The van der Waals surface area contributed by atoms with Crippen LogP contribution in [0, 0.1) is 16.7 Å². The van der Waals surface area contributed by atoms with Gasteiger partial charge >= 0.3 is 0 Å². The highest BCUT2D eigenvalue weighted by atomic mass is 16.2. The van der Waals surface area contributed by atoms with Crippen molar-refractivity contribution >= 4 is 22.8 Å². The first kappa shape index (κ1) is 13.1. The van der Waals surface area contributed by atoms with E-state index in [4.69, 9.17) is 5.26 Å². The summed E-state index contributed by atoms with van der Waals surface area (Å²) in [6, 6.07) is 4.15. The van der Waals surface area contributed by atoms with Gasteiger partial charge in [-0.2, -0.15) is 5.26 Å². The van der Waals surface area contributed by atoms with Crippen molar-refractivity contribution in [2.24, 2.45) is 5.41 Å². The predicted molar refractivity (Wildman–Crippen MR) is 80.0 cm³/mol. The molecule has 2 aromatic heterocycles. The van der Waals surface area contributed by atoms with Crippen LogP contribution in [0.3, 0.4) is 0 Å². The average Bonchev–Trinajstić information content (AvgIpc) is 3.23. The fourth-order valence-electron chi connectivity index (χ4n) is 3.03. The van der Waals surface area contributed by atoms with E-state index in [1.54, 1.807) is 6.33 Å². The van der Waals surface area contributed by atoms with Crippen molar-refractivity contribution in [1.29, 1.82) is 5.26 Å². The summed E-state index contributed by atoms with van der Waals surface area (Å²) in [4.78, 5) is 28.0. The molecule has 2 fully saturated rings. The second kappa shape index (κ2) is 4.70. The van der Waals surface area contributed by atoms with Gasteiger partial charge in [0.1, 0.15) is 23.2 Å². The first-order valence-corrected chi connectivity index (χ1v) is 7.47. The number of fused-ring (bicyclic) bond motifs is 1. The zero-order chi connectivity index (χ0) is 15.2. The van der Waals surface area contributed by atoms with Gasteiger partial charge in [0.15, 0.2) is 0 Å². The van der Waals surface area contributed by atoms with E-state index >= 15 is 0 Å². The van der Waals surface area contributed by atoms with E-state index in [0.29, 0.717) is 25.9 Å². The highest BCUT2D eigenvalue weighted by Gasteiger charge is 2.52. The zero-order valence-electron chi connectivity index (χ0n) is 12.1.